The molecule has 1 aliphatic rings. The van der Waals surface area contributed by atoms with Crippen molar-refractivity contribution in [2.75, 3.05) is 31.9 Å². The Labute approximate surface area is 171 Å². The van der Waals surface area contributed by atoms with Crippen molar-refractivity contribution in [2.45, 2.75) is 45.6 Å². The van der Waals surface area contributed by atoms with Gasteiger partial charge in [0, 0.05) is 19.6 Å². The first kappa shape index (κ1) is 19.6. The van der Waals surface area contributed by atoms with E-state index in [-0.39, 0.29) is 5.91 Å². The van der Waals surface area contributed by atoms with E-state index in [0.717, 1.165) is 50.1 Å². The Morgan fingerprint density at radius 3 is 2.55 bits per heavy atom. The van der Waals surface area contributed by atoms with Gasteiger partial charge in [-0.25, -0.2) is 9.97 Å². The molecular formula is C22H30N6O. The summed E-state index contributed by atoms with van der Waals surface area (Å²) in [5.41, 5.74) is 9.77. The second-order valence-corrected chi connectivity index (χ2v) is 7.81. The van der Waals surface area contributed by atoms with Crippen molar-refractivity contribution in [2.24, 2.45) is 0 Å². The average Bonchev–Trinajstić information content (AvgIpc) is 3.01. The number of nitrogens with two attached hydrogens (primary N) is 1. The van der Waals surface area contributed by atoms with Gasteiger partial charge in [-0.3, -0.25) is 4.79 Å². The van der Waals surface area contributed by atoms with Crippen molar-refractivity contribution in [3.8, 4) is 0 Å². The number of carbonyl (C=O) groups excluding carboxylic acids is 1. The van der Waals surface area contributed by atoms with Gasteiger partial charge in [0.2, 0.25) is 0 Å². The van der Waals surface area contributed by atoms with E-state index in [9.17, 15) is 4.79 Å². The van der Waals surface area contributed by atoms with Crippen LogP contribution in [0.15, 0.2) is 24.3 Å². The molecule has 0 bridgehead atoms. The molecule has 0 unspecified atom stereocenters. The van der Waals surface area contributed by atoms with Crippen LogP contribution in [0.1, 0.15) is 49.4 Å². The topological polar surface area (TPSA) is 89.1 Å². The minimum absolute atomic E-state index is 0.163. The predicted molar refractivity (Wildman–Crippen MR) is 117 cm³/mol. The molecule has 3 aromatic rings. The summed E-state index contributed by atoms with van der Waals surface area (Å²) in [5, 5.41) is 3.06. The van der Waals surface area contributed by atoms with Gasteiger partial charge in [-0.15, -0.1) is 0 Å². The number of fused-ring (bicyclic) bond motifs is 2. The maximum absolute atomic E-state index is 13.1. The third-order valence-electron chi connectivity index (χ3n) is 5.72. The van der Waals surface area contributed by atoms with Crippen LogP contribution in [-0.4, -0.2) is 51.5 Å². The highest BCUT2D eigenvalue weighted by molar-refractivity contribution is 6.10. The van der Waals surface area contributed by atoms with Crippen LogP contribution < -0.4 is 11.1 Å². The SMILES string of the molecule is CCCCn1c(N)c(C(=O)NCCN2CCCCC2)c2nc3ccccc3nc21. The summed E-state index contributed by atoms with van der Waals surface area (Å²) in [7, 11) is 0. The first-order valence-electron chi connectivity index (χ1n) is 10.7. The molecule has 3 heterocycles. The summed E-state index contributed by atoms with van der Waals surface area (Å²) in [6.45, 7) is 6.58. The van der Waals surface area contributed by atoms with Gasteiger partial charge in [0.1, 0.15) is 16.9 Å². The van der Waals surface area contributed by atoms with E-state index in [2.05, 4.69) is 17.1 Å². The van der Waals surface area contributed by atoms with E-state index in [4.69, 9.17) is 15.7 Å². The number of para-hydroxylation sites is 2. The molecule has 0 spiro atoms. The lowest BCUT2D eigenvalue weighted by Crippen LogP contribution is -2.37. The highest BCUT2D eigenvalue weighted by atomic mass is 16.1. The van der Waals surface area contributed by atoms with Gasteiger partial charge in [0.15, 0.2) is 5.65 Å². The molecule has 7 nitrogen and oxygen atoms in total. The molecule has 7 heteroatoms. The van der Waals surface area contributed by atoms with Gasteiger partial charge in [-0.2, -0.15) is 0 Å². The molecule has 0 saturated carbocycles. The zero-order chi connectivity index (χ0) is 20.2. The number of hydrogen-bond donors (Lipinski definition) is 2. The summed E-state index contributed by atoms with van der Waals surface area (Å²) >= 11 is 0. The van der Waals surface area contributed by atoms with Crippen LogP contribution in [0.4, 0.5) is 5.82 Å². The Kier molecular flexibility index (Phi) is 5.94. The normalized spacial score (nSPS) is 15.2. The molecule has 0 radical (unpaired) electrons. The minimum Gasteiger partial charge on any atom is -0.384 e. The average molecular weight is 395 g/mol. The summed E-state index contributed by atoms with van der Waals surface area (Å²) < 4.78 is 1.94. The lowest BCUT2D eigenvalue weighted by atomic mass is 10.1. The Balaban J connectivity index is 1.63. The Morgan fingerprint density at radius 2 is 1.83 bits per heavy atom. The molecule has 0 atom stereocenters. The predicted octanol–water partition coefficient (Wildman–Crippen LogP) is 3.18. The highest BCUT2D eigenvalue weighted by Crippen LogP contribution is 2.28. The van der Waals surface area contributed by atoms with E-state index in [1.165, 1.54) is 19.3 Å². The smallest absolute Gasteiger partial charge is 0.257 e. The van der Waals surface area contributed by atoms with Crippen molar-refractivity contribution < 1.29 is 4.79 Å². The zero-order valence-corrected chi connectivity index (χ0v) is 17.2. The number of unbranched alkanes of at least 4 members (excludes halogenated alkanes) is 1. The van der Waals surface area contributed by atoms with Crippen molar-refractivity contribution >= 4 is 33.9 Å². The number of carbonyl (C=O) groups is 1. The fourth-order valence-corrected chi connectivity index (χ4v) is 4.08. The number of hydrogen-bond acceptors (Lipinski definition) is 5. The van der Waals surface area contributed by atoms with Crippen LogP contribution in [0.25, 0.3) is 22.2 Å². The molecule has 29 heavy (non-hydrogen) atoms. The van der Waals surface area contributed by atoms with E-state index >= 15 is 0 Å². The molecule has 0 aliphatic carbocycles. The summed E-state index contributed by atoms with van der Waals surface area (Å²) in [6.07, 6.45) is 5.81. The van der Waals surface area contributed by atoms with E-state index in [1.807, 2.05) is 28.8 Å². The van der Waals surface area contributed by atoms with E-state index in [0.29, 0.717) is 29.1 Å². The molecule has 1 amide bonds. The lowest BCUT2D eigenvalue weighted by Gasteiger charge is -2.26. The van der Waals surface area contributed by atoms with Crippen LogP contribution in [0.2, 0.25) is 0 Å². The number of amides is 1. The number of nitrogens with zero attached hydrogens (tertiary/aromatic N) is 4. The molecule has 1 saturated heterocycles. The van der Waals surface area contributed by atoms with Gasteiger partial charge in [-0.1, -0.05) is 31.9 Å². The molecule has 1 aromatic carbocycles. The molecule has 2 aromatic heterocycles. The van der Waals surface area contributed by atoms with Gasteiger partial charge in [0.05, 0.1) is 11.0 Å². The van der Waals surface area contributed by atoms with Gasteiger partial charge in [0.25, 0.3) is 5.91 Å². The van der Waals surface area contributed by atoms with Crippen molar-refractivity contribution in [3.05, 3.63) is 29.8 Å². The molecule has 3 N–H and O–H groups in total. The zero-order valence-electron chi connectivity index (χ0n) is 17.2. The monoisotopic (exact) mass is 394 g/mol. The maximum atomic E-state index is 13.1. The van der Waals surface area contributed by atoms with Gasteiger partial charge in [-0.05, 0) is 44.5 Å². The van der Waals surface area contributed by atoms with Crippen molar-refractivity contribution in [3.63, 3.8) is 0 Å². The van der Waals surface area contributed by atoms with Crippen LogP contribution >= 0.6 is 0 Å². The third kappa shape index (κ3) is 4.05. The number of nitrogen functional groups attached to an aromatic ring is 1. The number of aryl methyl sites for hydroxylation is 1. The second-order valence-electron chi connectivity index (χ2n) is 7.81. The van der Waals surface area contributed by atoms with Gasteiger partial charge >= 0.3 is 0 Å². The fourth-order valence-electron chi connectivity index (χ4n) is 4.08. The Hall–Kier alpha value is -2.67. The molecule has 4 rings (SSSR count). The van der Waals surface area contributed by atoms with Crippen molar-refractivity contribution in [1.82, 2.24) is 24.8 Å². The third-order valence-corrected chi connectivity index (χ3v) is 5.72. The fraction of sp³-hybridized carbons (Fsp3) is 0.500. The molecule has 154 valence electrons. The maximum Gasteiger partial charge on any atom is 0.257 e. The second kappa shape index (κ2) is 8.78. The number of anilines is 1. The van der Waals surface area contributed by atoms with Crippen LogP contribution in [-0.2, 0) is 6.54 Å². The first-order chi connectivity index (χ1) is 14.2. The van der Waals surface area contributed by atoms with Crippen LogP contribution in [0.5, 0.6) is 0 Å². The minimum atomic E-state index is -0.163. The molecule has 1 fully saturated rings. The Morgan fingerprint density at radius 1 is 1.10 bits per heavy atom. The number of benzene rings is 1. The first-order valence-corrected chi connectivity index (χ1v) is 10.7. The lowest BCUT2D eigenvalue weighted by molar-refractivity contribution is 0.0949. The van der Waals surface area contributed by atoms with Gasteiger partial charge < -0.3 is 20.5 Å². The summed E-state index contributed by atoms with van der Waals surface area (Å²) in [6, 6.07) is 7.73. The molecule has 1 aliphatic heterocycles. The summed E-state index contributed by atoms with van der Waals surface area (Å²) in [5.74, 6) is 0.295. The number of likely N-dealkylation sites (tertiary alicyclic amines) is 1. The number of rotatable bonds is 7. The van der Waals surface area contributed by atoms with Crippen molar-refractivity contribution in [1.29, 1.82) is 0 Å². The largest absolute Gasteiger partial charge is 0.384 e. The molecular weight excluding hydrogens is 364 g/mol. The standard InChI is InChI=1S/C22H30N6O/c1-2-3-14-28-20(23)18(22(29)24-11-15-27-12-7-4-8-13-27)19-21(28)26-17-10-6-5-9-16(17)25-19/h5-6,9-10H,2-4,7-8,11-15,23H2,1H3,(H,24,29). The number of aromatic nitrogens is 3. The number of piperidine rings is 1. The number of nitrogens with one attached hydrogen (secondary N) is 1. The van der Waals surface area contributed by atoms with Crippen LogP contribution in [0.3, 0.4) is 0 Å². The van der Waals surface area contributed by atoms with E-state index in [1.54, 1.807) is 0 Å². The van der Waals surface area contributed by atoms with E-state index < -0.39 is 0 Å². The quantitative estimate of drug-likeness (QED) is 0.642. The van der Waals surface area contributed by atoms with Crippen LogP contribution in [0, 0.1) is 0 Å². The summed E-state index contributed by atoms with van der Waals surface area (Å²) in [4.78, 5) is 25.0. The Bertz CT molecular complexity index is 1010. The highest BCUT2D eigenvalue weighted by Gasteiger charge is 2.23.